The molecule has 2 aliphatic heterocycles. The van der Waals surface area contributed by atoms with Gasteiger partial charge in [-0.05, 0) is 67.8 Å². The Balaban J connectivity index is 1.25. The number of oxazole rings is 1. The molecule has 0 radical (unpaired) electrons. The van der Waals surface area contributed by atoms with Gasteiger partial charge in [0.15, 0.2) is 11.2 Å². The zero-order valence-electron chi connectivity index (χ0n) is 21.6. The quantitative estimate of drug-likeness (QED) is 0.354. The maximum absolute atomic E-state index is 13.5. The minimum absolute atomic E-state index is 0.170. The van der Waals surface area contributed by atoms with Crippen molar-refractivity contribution in [1.82, 2.24) is 28.8 Å². The fourth-order valence-electron chi connectivity index (χ4n) is 6.38. The summed E-state index contributed by atoms with van der Waals surface area (Å²) >= 11 is 0. The number of nitrogens with zero attached hydrogens (tertiary/aromatic N) is 6. The van der Waals surface area contributed by atoms with Crippen molar-refractivity contribution in [2.45, 2.75) is 44.3 Å². The zero-order valence-corrected chi connectivity index (χ0v) is 21.6. The molecule has 3 aliphatic rings. The minimum atomic E-state index is -0.387. The molecule has 0 unspecified atom stereocenters. The van der Waals surface area contributed by atoms with E-state index in [0.717, 1.165) is 24.5 Å². The average Bonchev–Trinajstić information content (AvgIpc) is 3.53. The fourth-order valence-corrected chi connectivity index (χ4v) is 6.38. The van der Waals surface area contributed by atoms with E-state index in [4.69, 9.17) is 9.40 Å². The number of allylic oxidation sites excluding steroid dienone is 2. The van der Waals surface area contributed by atoms with Gasteiger partial charge in [0.05, 0.1) is 17.7 Å². The van der Waals surface area contributed by atoms with Crippen LogP contribution in [-0.4, -0.2) is 42.4 Å². The van der Waals surface area contributed by atoms with Gasteiger partial charge in [-0.15, -0.1) is 0 Å². The fraction of sp³-hybridized carbons (Fsp3) is 0.310. The SMILES string of the molecule is CN1Cc2cc(Nc3ncc4c(=O)n5n(c4n3)-c3ccc4oc(=O)n(c4c3)CCC=CC5)ccc2C2(CC2)C1. The van der Waals surface area contributed by atoms with Crippen molar-refractivity contribution in [3.8, 4) is 5.69 Å². The number of rotatable bonds is 2. The Morgan fingerprint density at radius 2 is 1.97 bits per heavy atom. The number of likely N-dealkylation sites (N-methyl/N-ethyl adjacent to an activating group) is 1. The summed E-state index contributed by atoms with van der Waals surface area (Å²) in [6.07, 6.45) is 8.66. The van der Waals surface area contributed by atoms with Gasteiger partial charge >= 0.3 is 5.76 Å². The number of anilines is 2. The second kappa shape index (κ2) is 8.03. The van der Waals surface area contributed by atoms with Crippen molar-refractivity contribution >= 4 is 33.8 Å². The highest BCUT2D eigenvalue weighted by Gasteiger charge is 2.48. The van der Waals surface area contributed by atoms with E-state index in [1.807, 2.05) is 24.3 Å². The molecule has 1 spiro atoms. The summed E-state index contributed by atoms with van der Waals surface area (Å²) in [4.78, 5) is 37.6. The minimum Gasteiger partial charge on any atom is -0.408 e. The first kappa shape index (κ1) is 22.5. The first-order valence-corrected chi connectivity index (χ1v) is 13.4. The van der Waals surface area contributed by atoms with Gasteiger partial charge in [0.25, 0.3) is 5.56 Å². The number of benzene rings is 2. The Hall–Kier alpha value is -4.44. The lowest BCUT2D eigenvalue weighted by Crippen LogP contribution is -2.35. The Kier molecular flexibility index (Phi) is 4.64. The highest BCUT2D eigenvalue weighted by molar-refractivity contribution is 5.80. The van der Waals surface area contributed by atoms with E-state index in [1.54, 1.807) is 26.2 Å². The average molecular weight is 522 g/mol. The van der Waals surface area contributed by atoms with Crippen molar-refractivity contribution in [3.63, 3.8) is 0 Å². The van der Waals surface area contributed by atoms with Gasteiger partial charge in [-0.1, -0.05) is 18.2 Å². The number of fused-ring (bicyclic) bond motifs is 7. The van der Waals surface area contributed by atoms with E-state index in [2.05, 4.69) is 40.4 Å². The van der Waals surface area contributed by atoms with E-state index >= 15 is 0 Å². The van der Waals surface area contributed by atoms with Crippen LogP contribution in [-0.2, 0) is 25.0 Å². The molecule has 2 aromatic carbocycles. The normalized spacial score (nSPS) is 17.9. The largest absolute Gasteiger partial charge is 0.419 e. The van der Waals surface area contributed by atoms with Gasteiger partial charge in [-0.2, -0.15) is 4.98 Å². The summed E-state index contributed by atoms with van der Waals surface area (Å²) in [6, 6.07) is 12.0. The number of hydrogen-bond donors (Lipinski definition) is 1. The first-order chi connectivity index (χ1) is 19.0. The predicted octanol–water partition coefficient (Wildman–Crippen LogP) is 3.67. The van der Waals surface area contributed by atoms with Gasteiger partial charge in [0, 0.05) is 36.9 Å². The molecule has 0 amide bonds. The van der Waals surface area contributed by atoms with Crippen molar-refractivity contribution in [2.24, 2.45) is 0 Å². The van der Waals surface area contributed by atoms with Gasteiger partial charge in [0.2, 0.25) is 5.95 Å². The van der Waals surface area contributed by atoms with Crippen LogP contribution in [0.5, 0.6) is 0 Å². The molecular weight excluding hydrogens is 494 g/mol. The molecule has 0 saturated heterocycles. The van der Waals surface area contributed by atoms with Crippen LogP contribution in [0.4, 0.5) is 11.6 Å². The molecule has 3 aromatic heterocycles. The number of aromatic nitrogens is 5. The van der Waals surface area contributed by atoms with E-state index in [9.17, 15) is 9.59 Å². The Labute approximate surface area is 222 Å². The van der Waals surface area contributed by atoms with Crippen LogP contribution in [0.25, 0.3) is 27.8 Å². The van der Waals surface area contributed by atoms with Gasteiger partial charge < -0.3 is 14.6 Å². The summed E-state index contributed by atoms with van der Waals surface area (Å²) in [7, 11) is 2.18. The van der Waals surface area contributed by atoms with E-state index in [0.29, 0.717) is 53.0 Å². The van der Waals surface area contributed by atoms with Gasteiger partial charge in [0.1, 0.15) is 5.39 Å². The summed E-state index contributed by atoms with van der Waals surface area (Å²) in [6.45, 7) is 2.92. The highest BCUT2D eigenvalue weighted by atomic mass is 16.4. The van der Waals surface area contributed by atoms with Crippen LogP contribution >= 0.6 is 0 Å². The topological polar surface area (TPSA) is 103 Å². The Morgan fingerprint density at radius 3 is 2.85 bits per heavy atom. The summed E-state index contributed by atoms with van der Waals surface area (Å²) in [5, 5.41) is 3.80. The van der Waals surface area contributed by atoms with Crippen LogP contribution in [0.3, 0.4) is 0 Å². The third-order valence-electron chi connectivity index (χ3n) is 8.33. The summed E-state index contributed by atoms with van der Waals surface area (Å²) in [5.41, 5.74) is 6.30. The van der Waals surface area contributed by atoms with Crippen molar-refractivity contribution in [2.75, 3.05) is 18.9 Å². The molecule has 1 fully saturated rings. The lowest BCUT2D eigenvalue weighted by Gasteiger charge is -2.32. The van der Waals surface area contributed by atoms with Gasteiger partial charge in [-0.3, -0.25) is 9.36 Å². The standard InChI is InChI=1S/C29H27N7O3/c1-33-16-18-13-19(5-7-22(18)29(17-33)9-10-29)31-27-30-15-21-25(32-27)36-20-6-8-24-23(14-20)34(28(38)39-24)11-3-2-4-12-35(36)26(21)37/h2,4-8,13-15H,3,9-12,16-17H2,1H3,(H,30,31,32). The molecular formula is C29H27N7O3. The van der Waals surface area contributed by atoms with Crippen LogP contribution in [0.2, 0.25) is 0 Å². The second-order valence-electron chi connectivity index (χ2n) is 11.0. The molecule has 8 rings (SSSR count). The molecule has 0 atom stereocenters. The molecule has 10 heteroatoms. The monoisotopic (exact) mass is 521 g/mol. The summed E-state index contributed by atoms with van der Waals surface area (Å²) < 4.78 is 10.5. The molecule has 1 N–H and O–H groups in total. The molecule has 39 heavy (non-hydrogen) atoms. The van der Waals surface area contributed by atoms with Crippen LogP contribution in [0.1, 0.15) is 30.4 Å². The summed E-state index contributed by atoms with van der Waals surface area (Å²) in [5.74, 6) is 0.0296. The maximum atomic E-state index is 13.5. The van der Waals surface area contributed by atoms with Crippen molar-refractivity contribution < 1.29 is 4.42 Å². The number of nitrogens with one attached hydrogen (secondary N) is 1. The lowest BCUT2D eigenvalue weighted by atomic mass is 9.87. The second-order valence-corrected chi connectivity index (χ2v) is 11.0. The molecule has 5 heterocycles. The maximum Gasteiger partial charge on any atom is 0.419 e. The Bertz CT molecular complexity index is 1950. The predicted molar refractivity (Wildman–Crippen MR) is 148 cm³/mol. The van der Waals surface area contributed by atoms with Crippen LogP contribution in [0.15, 0.2) is 68.8 Å². The van der Waals surface area contributed by atoms with E-state index in [1.165, 1.54) is 24.0 Å². The molecule has 10 nitrogen and oxygen atoms in total. The number of aryl methyl sites for hydroxylation is 1. The van der Waals surface area contributed by atoms with Crippen molar-refractivity contribution in [1.29, 1.82) is 0 Å². The highest BCUT2D eigenvalue weighted by Crippen LogP contribution is 2.52. The van der Waals surface area contributed by atoms with Crippen molar-refractivity contribution in [3.05, 3.63) is 86.8 Å². The molecule has 5 aromatic rings. The molecule has 196 valence electrons. The Morgan fingerprint density at radius 1 is 1.08 bits per heavy atom. The number of hydrogen-bond acceptors (Lipinski definition) is 7. The zero-order chi connectivity index (χ0) is 26.3. The third kappa shape index (κ3) is 3.44. The third-order valence-corrected chi connectivity index (χ3v) is 8.33. The van der Waals surface area contributed by atoms with Gasteiger partial charge in [-0.25, -0.2) is 19.1 Å². The van der Waals surface area contributed by atoms with Crippen LogP contribution in [0, 0.1) is 0 Å². The van der Waals surface area contributed by atoms with E-state index < -0.39 is 0 Å². The first-order valence-electron chi connectivity index (χ1n) is 13.4. The van der Waals surface area contributed by atoms with Crippen LogP contribution < -0.4 is 16.6 Å². The smallest absolute Gasteiger partial charge is 0.408 e. The molecule has 1 saturated carbocycles. The lowest BCUT2D eigenvalue weighted by molar-refractivity contribution is 0.271. The molecule has 1 aliphatic carbocycles. The van der Waals surface area contributed by atoms with E-state index in [-0.39, 0.29) is 11.3 Å². The molecule has 2 bridgehead atoms.